The van der Waals surface area contributed by atoms with Gasteiger partial charge in [-0.25, -0.2) is 0 Å². The van der Waals surface area contributed by atoms with Crippen molar-refractivity contribution in [3.05, 3.63) is 29.6 Å². The molecule has 1 aromatic rings. The second kappa shape index (κ2) is 6.30. The molecule has 0 aromatic carbocycles. The van der Waals surface area contributed by atoms with Crippen LogP contribution in [0.3, 0.4) is 0 Å². The molecule has 0 unspecified atom stereocenters. The van der Waals surface area contributed by atoms with Crippen LogP contribution in [0.1, 0.15) is 44.9 Å². The lowest BCUT2D eigenvalue weighted by molar-refractivity contribution is 0.266. The first-order valence-electron chi connectivity index (χ1n) is 7.10. The molecule has 1 saturated carbocycles. The molecule has 0 saturated heterocycles. The van der Waals surface area contributed by atoms with Crippen molar-refractivity contribution in [2.24, 2.45) is 0 Å². The number of nitrogens with one attached hydrogen (secondary N) is 1. The fourth-order valence-corrected chi connectivity index (χ4v) is 2.12. The average molecular weight is 247 g/mol. The molecule has 3 heteroatoms. The van der Waals surface area contributed by atoms with Crippen LogP contribution in [0.2, 0.25) is 0 Å². The fourth-order valence-electron chi connectivity index (χ4n) is 2.12. The second-order valence-corrected chi connectivity index (χ2v) is 5.49. The molecule has 1 heterocycles. The topological polar surface area (TPSA) is 28.2 Å². The van der Waals surface area contributed by atoms with Crippen molar-refractivity contribution in [1.82, 2.24) is 15.2 Å². The molecule has 2 rings (SSSR count). The van der Waals surface area contributed by atoms with Crippen molar-refractivity contribution in [1.29, 1.82) is 0 Å². The molecule has 0 amide bonds. The molecule has 18 heavy (non-hydrogen) atoms. The Hall–Kier alpha value is -0.930. The number of nitrogens with zero attached hydrogens (tertiary/aromatic N) is 2. The van der Waals surface area contributed by atoms with Crippen LogP contribution in [0.25, 0.3) is 0 Å². The normalized spacial score (nSPS) is 15.6. The van der Waals surface area contributed by atoms with Crippen LogP contribution >= 0.6 is 0 Å². The number of hydrogen-bond donors (Lipinski definition) is 1. The Morgan fingerprint density at radius 2 is 2.17 bits per heavy atom. The monoisotopic (exact) mass is 247 g/mol. The molecule has 1 N–H and O–H groups in total. The summed E-state index contributed by atoms with van der Waals surface area (Å²) in [6, 6.07) is 5.70. The summed E-state index contributed by atoms with van der Waals surface area (Å²) in [5, 5.41) is 3.41. The van der Waals surface area contributed by atoms with E-state index >= 15 is 0 Å². The Labute approximate surface area is 111 Å². The molecule has 0 bridgehead atoms. The first-order valence-corrected chi connectivity index (χ1v) is 7.10. The van der Waals surface area contributed by atoms with E-state index < -0.39 is 0 Å². The lowest BCUT2D eigenvalue weighted by Crippen LogP contribution is -2.25. The average Bonchev–Trinajstić information content (AvgIpc) is 3.19. The Morgan fingerprint density at radius 1 is 1.39 bits per heavy atom. The van der Waals surface area contributed by atoms with Crippen molar-refractivity contribution in [3.8, 4) is 0 Å². The van der Waals surface area contributed by atoms with Gasteiger partial charge < -0.3 is 5.32 Å². The van der Waals surface area contributed by atoms with Crippen molar-refractivity contribution in [2.75, 3.05) is 6.54 Å². The largest absolute Gasteiger partial charge is 0.310 e. The second-order valence-electron chi connectivity index (χ2n) is 5.49. The van der Waals surface area contributed by atoms with E-state index in [2.05, 4.69) is 48.1 Å². The Balaban J connectivity index is 1.86. The maximum absolute atomic E-state index is 4.57. The summed E-state index contributed by atoms with van der Waals surface area (Å²) < 4.78 is 0. The van der Waals surface area contributed by atoms with Gasteiger partial charge in [-0.15, -0.1) is 0 Å². The van der Waals surface area contributed by atoms with E-state index in [1.165, 1.54) is 24.1 Å². The Bertz CT molecular complexity index is 355. The van der Waals surface area contributed by atoms with Crippen molar-refractivity contribution >= 4 is 0 Å². The molecule has 1 aliphatic rings. The van der Waals surface area contributed by atoms with Crippen LogP contribution in [0.5, 0.6) is 0 Å². The smallest absolute Gasteiger partial charge is 0.0544 e. The van der Waals surface area contributed by atoms with Crippen LogP contribution in [0, 0.1) is 0 Å². The highest BCUT2D eigenvalue weighted by atomic mass is 15.2. The summed E-state index contributed by atoms with van der Waals surface area (Å²) in [5.74, 6) is 0. The molecule has 0 atom stereocenters. The van der Waals surface area contributed by atoms with Gasteiger partial charge >= 0.3 is 0 Å². The molecule has 0 aliphatic heterocycles. The zero-order valence-corrected chi connectivity index (χ0v) is 11.8. The zero-order valence-electron chi connectivity index (χ0n) is 11.8. The molecule has 1 fully saturated rings. The van der Waals surface area contributed by atoms with Gasteiger partial charge in [0.1, 0.15) is 0 Å². The van der Waals surface area contributed by atoms with Gasteiger partial charge in [0, 0.05) is 31.4 Å². The minimum atomic E-state index is 0.523. The summed E-state index contributed by atoms with van der Waals surface area (Å²) >= 11 is 0. The summed E-state index contributed by atoms with van der Waals surface area (Å²) in [6.07, 6.45) is 4.74. The van der Waals surface area contributed by atoms with E-state index in [0.29, 0.717) is 6.04 Å². The summed E-state index contributed by atoms with van der Waals surface area (Å²) in [6.45, 7) is 9.60. The van der Waals surface area contributed by atoms with Crippen LogP contribution in [-0.4, -0.2) is 28.5 Å². The van der Waals surface area contributed by atoms with Gasteiger partial charge in [-0.2, -0.15) is 0 Å². The van der Waals surface area contributed by atoms with Crippen molar-refractivity contribution in [3.63, 3.8) is 0 Å². The molecular weight excluding hydrogens is 222 g/mol. The number of aromatic nitrogens is 1. The third kappa shape index (κ3) is 4.07. The van der Waals surface area contributed by atoms with Crippen LogP contribution in [0.4, 0.5) is 0 Å². The predicted octanol–water partition coefficient (Wildman–Crippen LogP) is 2.56. The predicted molar refractivity (Wildman–Crippen MR) is 75.3 cm³/mol. The highest BCUT2D eigenvalue weighted by Gasteiger charge is 2.27. The standard InChI is InChI=1S/C15H25N3/c1-4-18(15-7-8-15)11-14-6-5-13(10-17-14)9-16-12(2)3/h5-6,10,12,15-16H,4,7-9,11H2,1-3H3. The summed E-state index contributed by atoms with van der Waals surface area (Å²) in [5.41, 5.74) is 2.46. The van der Waals surface area contributed by atoms with Crippen molar-refractivity contribution < 1.29 is 0 Å². The Kier molecular flexibility index (Phi) is 4.72. The van der Waals surface area contributed by atoms with Gasteiger partial charge in [0.05, 0.1) is 5.69 Å². The highest BCUT2D eigenvalue weighted by Crippen LogP contribution is 2.27. The molecule has 1 aromatic heterocycles. The number of rotatable bonds is 7. The van der Waals surface area contributed by atoms with E-state index in [-0.39, 0.29) is 0 Å². The summed E-state index contributed by atoms with van der Waals surface area (Å²) in [4.78, 5) is 7.10. The Morgan fingerprint density at radius 3 is 2.67 bits per heavy atom. The SMILES string of the molecule is CCN(Cc1ccc(CNC(C)C)cn1)C1CC1. The molecule has 100 valence electrons. The van der Waals surface area contributed by atoms with Gasteiger partial charge in [0.25, 0.3) is 0 Å². The van der Waals surface area contributed by atoms with Crippen LogP contribution < -0.4 is 5.32 Å². The van der Waals surface area contributed by atoms with E-state index in [1.807, 2.05) is 6.20 Å². The number of hydrogen-bond acceptors (Lipinski definition) is 3. The minimum Gasteiger partial charge on any atom is -0.310 e. The third-order valence-electron chi connectivity index (χ3n) is 3.43. The van der Waals surface area contributed by atoms with Crippen LogP contribution in [-0.2, 0) is 13.1 Å². The molecule has 1 aliphatic carbocycles. The zero-order chi connectivity index (χ0) is 13.0. The van der Waals surface area contributed by atoms with E-state index in [4.69, 9.17) is 0 Å². The molecular formula is C15H25N3. The maximum Gasteiger partial charge on any atom is 0.0544 e. The van der Waals surface area contributed by atoms with Gasteiger partial charge in [0.2, 0.25) is 0 Å². The first kappa shape index (κ1) is 13.5. The van der Waals surface area contributed by atoms with Crippen molar-refractivity contribution in [2.45, 2.75) is 58.8 Å². The van der Waals surface area contributed by atoms with Crippen LogP contribution in [0.15, 0.2) is 18.3 Å². The fraction of sp³-hybridized carbons (Fsp3) is 0.667. The van der Waals surface area contributed by atoms with Gasteiger partial charge in [-0.3, -0.25) is 9.88 Å². The van der Waals surface area contributed by atoms with Gasteiger partial charge in [-0.05, 0) is 31.0 Å². The quantitative estimate of drug-likeness (QED) is 0.802. The molecule has 3 nitrogen and oxygen atoms in total. The van der Waals surface area contributed by atoms with E-state index in [0.717, 1.165) is 25.7 Å². The highest BCUT2D eigenvalue weighted by molar-refractivity contribution is 5.14. The molecule has 0 radical (unpaired) electrons. The third-order valence-corrected chi connectivity index (χ3v) is 3.43. The van der Waals surface area contributed by atoms with E-state index in [9.17, 15) is 0 Å². The maximum atomic E-state index is 4.57. The van der Waals surface area contributed by atoms with Gasteiger partial charge in [-0.1, -0.05) is 26.8 Å². The molecule has 0 spiro atoms. The first-order chi connectivity index (χ1) is 8.69. The minimum absolute atomic E-state index is 0.523. The lowest BCUT2D eigenvalue weighted by Gasteiger charge is -2.19. The van der Waals surface area contributed by atoms with E-state index in [1.54, 1.807) is 0 Å². The lowest BCUT2D eigenvalue weighted by atomic mass is 10.2. The number of pyridine rings is 1. The van der Waals surface area contributed by atoms with Gasteiger partial charge in [0.15, 0.2) is 0 Å². The summed E-state index contributed by atoms with van der Waals surface area (Å²) in [7, 11) is 0.